The van der Waals surface area contributed by atoms with Crippen LogP contribution in [0.25, 0.3) is 0 Å². The van der Waals surface area contributed by atoms with E-state index < -0.39 is 0 Å². The number of carbonyl (C=O) groups excluding carboxylic acids is 1. The van der Waals surface area contributed by atoms with Crippen LogP contribution in [-0.4, -0.2) is 23.1 Å². The number of rotatable bonds is 2. The summed E-state index contributed by atoms with van der Waals surface area (Å²) in [5.41, 5.74) is 6.90. The smallest absolute Gasteiger partial charge is 0.255 e. The van der Waals surface area contributed by atoms with Gasteiger partial charge in [0.1, 0.15) is 5.75 Å². The summed E-state index contributed by atoms with van der Waals surface area (Å²) in [5.74, 6) is -0.126. The van der Waals surface area contributed by atoms with E-state index in [9.17, 15) is 9.90 Å². The standard InChI is InChI=1S/C14H20N2O2.ClH/c1-9-3-2-4-12(13(9)17)14(18)16-11-7-5-10(15)6-8-11;/h2-4,10-11,17H,5-8,15H2,1H3,(H,16,18);1H. The molecule has 0 bridgehead atoms. The average molecular weight is 285 g/mol. The number of hydrogen-bond donors (Lipinski definition) is 3. The monoisotopic (exact) mass is 284 g/mol. The first-order valence-electron chi connectivity index (χ1n) is 6.43. The molecule has 0 unspecified atom stereocenters. The molecule has 2 rings (SSSR count). The van der Waals surface area contributed by atoms with Crippen LogP contribution in [0.3, 0.4) is 0 Å². The van der Waals surface area contributed by atoms with E-state index in [4.69, 9.17) is 5.73 Å². The molecule has 0 aromatic heterocycles. The molecular weight excluding hydrogens is 264 g/mol. The molecule has 1 aliphatic carbocycles. The first-order valence-corrected chi connectivity index (χ1v) is 6.43. The molecule has 1 saturated carbocycles. The van der Waals surface area contributed by atoms with E-state index in [2.05, 4.69) is 5.32 Å². The van der Waals surface area contributed by atoms with Gasteiger partial charge in [-0.15, -0.1) is 12.4 Å². The SMILES string of the molecule is Cc1cccc(C(=O)NC2CCC(N)CC2)c1O.Cl. The lowest BCUT2D eigenvalue weighted by Crippen LogP contribution is -2.40. The summed E-state index contributed by atoms with van der Waals surface area (Å²) < 4.78 is 0. The van der Waals surface area contributed by atoms with Crippen molar-refractivity contribution in [3.05, 3.63) is 29.3 Å². The molecule has 1 fully saturated rings. The van der Waals surface area contributed by atoms with Gasteiger partial charge in [0.15, 0.2) is 0 Å². The highest BCUT2D eigenvalue weighted by Crippen LogP contribution is 2.22. The molecule has 1 aromatic carbocycles. The van der Waals surface area contributed by atoms with Gasteiger partial charge in [0, 0.05) is 12.1 Å². The minimum Gasteiger partial charge on any atom is -0.507 e. The topological polar surface area (TPSA) is 75.4 Å². The summed E-state index contributed by atoms with van der Waals surface area (Å²) in [6, 6.07) is 5.65. The fourth-order valence-corrected chi connectivity index (χ4v) is 2.37. The Morgan fingerprint density at radius 1 is 1.32 bits per heavy atom. The first-order chi connectivity index (χ1) is 8.58. The molecule has 0 spiro atoms. The fraction of sp³-hybridized carbons (Fsp3) is 0.500. The number of aromatic hydroxyl groups is 1. The van der Waals surface area contributed by atoms with Crippen molar-refractivity contribution in [2.75, 3.05) is 0 Å². The minimum atomic E-state index is -0.198. The zero-order valence-electron chi connectivity index (χ0n) is 11.1. The van der Waals surface area contributed by atoms with E-state index in [1.165, 1.54) is 0 Å². The molecule has 1 amide bonds. The van der Waals surface area contributed by atoms with E-state index in [-0.39, 0.29) is 36.1 Å². The number of phenolic OH excluding ortho intramolecular Hbond substituents is 1. The molecule has 1 aromatic rings. The van der Waals surface area contributed by atoms with Crippen molar-refractivity contribution < 1.29 is 9.90 Å². The zero-order chi connectivity index (χ0) is 13.1. The van der Waals surface area contributed by atoms with Gasteiger partial charge in [0.05, 0.1) is 5.56 Å². The van der Waals surface area contributed by atoms with Crippen LogP contribution in [-0.2, 0) is 0 Å². The van der Waals surface area contributed by atoms with Crippen LogP contribution >= 0.6 is 12.4 Å². The Bertz CT molecular complexity index is 443. The average Bonchev–Trinajstić information content (AvgIpc) is 2.35. The van der Waals surface area contributed by atoms with Crippen LogP contribution in [0, 0.1) is 6.92 Å². The number of phenols is 1. The fourth-order valence-electron chi connectivity index (χ4n) is 2.37. The third kappa shape index (κ3) is 3.85. The van der Waals surface area contributed by atoms with Gasteiger partial charge in [-0.3, -0.25) is 4.79 Å². The van der Waals surface area contributed by atoms with Gasteiger partial charge in [-0.25, -0.2) is 0 Å². The van der Waals surface area contributed by atoms with Gasteiger partial charge < -0.3 is 16.2 Å². The van der Waals surface area contributed by atoms with E-state index in [1.54, 1.807) is 25.1 Å². The lowest BCUT2D eigenvalue weighted by atomic mass is 9.91. The Labute approximate surface area is 119 Å². The highest BCUT2D eigenvalue weighted by molar-refractivity contribution is 5.97. The summed E-state index contributed by atoms with van der Waals surface area (Å²) >= 11 is 0. The predicted octanol–water partition coefficient (Wildman–Crippen LogP) is 2.12. The van der Waals surface area contributed by atoms with Crippen molar-refractivity contribution in [1.29, 1.82) is 0 Å². The third-order valence-corrected chi connectivity index (χ3v) is 3.59. The largest absolute Gasteiger partial charge is 0.507 e. The Balaban J connectivity index is 0.00000180. The Morgan fingerprint density at radius 3 is 2.58 bits per heavy atom. The highest BCUT2D eigenvalue weighted by atomic mass is 35.5. The van der Waals surface area contributed by atoms with Gasteiger partial charge in [-0.05, 0) is 44.2 Å². The highest BCUT2D eigenvalue weighted by Gasteiger charge is 2.21. The number of para-hydroxylation sites is 1. The second-order valence-electron chi connectivity index (χ2n) is 5.06. The molecule has 19 heavy (non-hydrogen) atoms. The number of benzene rings is 1. The van der Waals surface area contributed by atoms with Crippen molar-refractivity contribution in [3.8, 4) is 5.75 Å². The number of hydrogen-bond acceptors (Lipinski definition) is 3. The van der Waals surface area contributed by atoms with Gasteiger partial charge in [0.2, 0.25) is 0 Å². The van der Waals surface area contributed by atoms with Crippen LogP contribution in [0.15, 0.2) is 18.2 Å². The maximum atomic E-state index is 12.1. The quantitative estimate of drug-likeness (QED) is 0.779. The van der Waals surface area contributed by atoms with Gasteiger partial charge in [-0.2, -0.15) is 0 Å². The van der Waals surface area contributed by atoms with E-state index >= 15 is 0 Å². The van der Waals surface area contributed by atoms with Crippen molar-refractivity contribution in [2.24, 2.45) is 5.73 Å². The van der Waals surface area contributed by atoms with Crippen LogP contribution in [0.1, 0.15) is 41.6 Å². The number of nitrogens with one attached hydrogen (secondary N) is 1. The maximum absolute atomic E-state index is 12.1. The van der Waals surface area contributed by atoms with Gasteiger partial charge in [-0.1, -0.05) is 12.1 Å². The molecule has 5 heteroatoms. The van der Waals surface area contributed by atoms with Crippen molar-refractivity contribution in [1.82, 2.24) is 5.32 Å². The maximum Gasteiger partial charge on any atom is 0.255 e. The molecule has 4 N–H and O–H groups in total. The number of nitrogens with two attached hydrogens (primary N) is 1. The van der Waals surface area contributed by atoms with Crippen molar-refractivity contribution in [3.63, 3.8) is 0 Å². The van der Waals surface area contributed by atoms with Crippen molar-refractivity contribution in [2.45, 2.75) is 44.7 Å². The lowest BCUT2D eigenvalue weighted by molar-refractivity contribution is 0.0923. The predicted molar refractivity (Wildman–Crippen MR) is 77.8 cm³/mol. The summed E-state index contributed by atoms with van der Waals surface area (Å²) in [4.78, 5) is 12.1. The minimum absolute atomic E-state index is 0. The summed E-state index contributed by atoms with van der Waals surface area (Å²) in [6.45, 7) is 1.78. The van der Waals surface area contributed by atoms with Gasteiger partial charge >= 0.3 is 0 Å². The van der Waals surface area contributed by atoms with Gasteiger partial charge in [0.25, 0.3) is 5.91 Å². The summed E-state index contributed by atoms with van der Waals surface area (Å²) in [7, 11) is 0. The Kier molecular flexibility index (Phi) is 5.63. The first kappa shape index (κ1) is 15.8. The molecule has 0 aliphatic heterocycles. The van der Waals surface area contributed by atoms with Crippen LogP contribution in [0.4, 0.5) is 0 Å². The van der Waals surface area contributed by atoms with E-state index in [0.717, 1.165) is 25.7 Å². The number of carbonyl (C=O) groups is 1. The molecule has 4 nitrogen and oxygen atoms in total. The van der Waals surface area contributed by atoms with Crippen LogP contribution < -0.4 is 11.1 Å². The van der Waals surface area contributed by atoms with E-state index in [0.29, 0.717) is 11.1 Å². The van der Waals surface area contributed by atoms with Crippen molar-refractivity contribution >= 4 is 18.3 Å². The molecule has 0 radical (unpaired) electrons. The molecule has 1 aliphatic rings. The molecule has 0 saturated heterocycles. The summed E-state index contributed by atoms with van der Waals surface area (Å²) in [5, 5.41) is 12.8. The number of amides is 1. The van der Waals surface area contributed by atoms with Crippen LogP contribution in [0.5, 0.6) is 5.75 Å². The zero-order valence-corrected chi connectivity index (χ0v) is 11.9. The Hall–Kier alpha value is -1.26. The summed E-state index contributed by atoms with van der Waals surface area (Å²) in [6.07, 6.45) is 3.73. The number of aryl methyl sites for hydroxylation is 1. The normalized spacial score (nSPS) is 22.4. The van der Waals surface area contributed by atoms with E-state index in [1.807, 2.05) is 0 Å². The second-order valence-corrected chi connectivity index (χ2v) is 5.06. The van der Waals surface area contributed by atoms with Crippen LogP contribution in [0.2, 0.25) is 0 Å². The third-order valence-electron chi connectivity index (χ3n) is 3.59. The molecule has 0 atom stereocenters. The Morgan fingerprint density at radius 2 is 1.95 bits per heavy atom. The molecule has 0 heterocycles. The molecule has 106 valence electrons. The second kappa shape index (κ2) is 6.78. The lowest BCUT2D eigenvalue weighted by Gasteiger charge is -2.26. The molecular formula is C14H21ClN2O2. The number of halogens is 1.